The van der Waals surface area contributed by atoms with Gasteiger partial charge in [-0.2, -0.15) is 0 Å². The van der Waals surface area contributed by atoms with Crippen LogP contribution in [0, 0.1) is 5.82 Å². The largest absolute Gasteiger partial charge is 0.494 e. The second-order valence-corrected chi connectivity index (χ2v) is 4.34. The van der Waals surface area contributed by atoms with Gasteiger partial charge in [0, 0.05) is 12.2 Å². The lowest BCUT2D eigenvalue weighted by atomic mass is 10.1. The molecule has 0 spiro atoms. The normalized spacial score (nSPS) is 10.3. The second-order valence-electron chi connectivity index (χ2n) is 4.34. The second kappa shape index (κ2) is 6.91. The molecule has 20 heavy (non-hydrogen) atoms. The zero-order valence-corrected chi connectivity index (χ0v) is 11.3. The molecule has 2 aromatic rings. The molecular formula is C16H17FO3. The van der Waals surface area contributed by atoms with E-state index in [0.29, 0.717) is 17.7 Å². The molecule has 0 fully saturated rings. The van der Waals surface area contributed by atoms with E-state index in [1.54, 1.807) is 18.2 Å². The summed E-state index contributed by atoms with van der Waals surface area (Å²) in [6.45, 7) is 0.262. The molecule has 0 aliphatic rings. The first-order chi connectivity index (χ1) is 9.74. The number of halogens is 1. The van der Waals surface area contributed by atoms with Gasteiger partial charge < -0.3 is 14.6 Å². The molecule has 0 aliphatic carbocycles. The monoisotopic (exact) mass is 276 g/mol. The molecule has 0 atom stereocenters. The van der Waals surface area contributed by atoms with Crippen molar-refractivity contribution >= 4 is 0 Å². The van der Waals surface area contributed by atoms with E-state index >= 15 is 0 Å². The van der Waals surface area contributed by atoms with Crippen LogP contribution in [0.15, 0.2) is 42.5 Å². The molecule has 0 saturated carbocycles. The zero-order valence-electron chi connectivity index (χ0n) is 11.3. The molecule has 106 valence electrons. The number of hydrogen-bond donors (Lipinski definition) is 1. The maximum absolute atomic E-state index is 13.9. The summed E-state index contributed by atoms with van der Waals surface area (Å²) in [5.74, 6) is 0.477. The van der Waals surface area contributed by atoms with Crippen molar-refractivity contribution in [2.75, 3.05) is 13.7 Å². The summed E-state index contributed by atoms with van der Waals surface area (Å²) >= 11 is 0. The predicted molar refractivity (Wildman–Crippen MR) is 74.5 cm³/mol. The number of aliphatic hydroxyl groups is 1. The number of aliphatic hydroxyl groups excluding tert-OH is 1. The summed E-state index contributed by atoms with van der Waals surface area (Å²) in [5, 5.41) is 8.84. The van der Waals surface area contributed by atoms with Gasteiger partial charge >= 0.3 is 0 Å². The van der Waals surface area contributed by atoms with Crippen LogP contribution in [-0.4, -0.2) is 18.8 Å². The minimum Gasteiger partial charge on any atom is -0.494 e. The van der Waals surface area contributed by atoms with Crippen molar-refractivity contribution in [1.29, 1.82) is 0 Å². The number of rotatable bonds is 6. The van der Waals surface area contributed by atoms with Gasteiger partial charge in [0.05, 0.1) is 7.11 Å². The standard InChI is InChI=1S/C16H17FO3/c1-19-15-4-2-3-13(16(15)17)11-20-14-7-5-12(6-8-14)9-10-18/h2-8,18H,9-11H2,1H3. The third-order valence-electron chi connectivity index (χ3n) is 2.98. The van der Waals surface area contributed by atoms with Gasteiger partial charge in [0.15, 0.2) is 11.6 Å². The fourth-order valence-electron chi connectivity index (χ4n) is 1.87. The van der Waals surface area contributed by atoms with Gasteiger partial charge in [-0.05, 0) is 30.2 Å². The summed E-state index contributed by atoms with van der Waals surface area (Å²) in [5.41, 5.74) is 1.48. The van der Waals surface area contributed by atoms with Gasteiger partial charge in [-0.1, -0.05) is 24.3 Å². The highest BCUT2D eigenvalue weighted by atomic mass is 19.1. The van der Waals surface area contributed by atoms with Crippen LogP contribution in [0.4, 0.5) is 4.39 Å². The van der Waals surface area contributed by atoms with Gasteiger partial charge in [0.2, 0.25) is 0 Å². The van der Waals surface area contributed by atoms with E-state index in [1.165, 1.54) is 7.11 Å². The first kappa shape index (κ1) is 14.3. The molecule has 1 N–H and O–H groups in total. The lowest BCUT2D eigenvalue weighted by Gasteiger charge is -2.09. The van der Waals surface area contributed by atoms with Crippen LogP contribution in [0.2, 0.25) is 0 Å². The Morgan fingerprint density at radius 1 is 1.10 bits per heavy atom. The van der Waals surface area contributed by atoms with E-state index in [2.05, 4.69) is 0 Å². The lowest BCUT2D eigenvalue weighted by Crippen LogP contribution is -2.00. The number of methoxy groups -OCH3 is 1. The average molecular weight is 276 g/mol. The summed E-state index contributed by atoms with van der Waals surface area (Å²) < 4.78 is 24.4. The van der Waals surface area contributed by atoms with Crippen LogP contribution in [0.5, 0.6) is 11.5 Å². The van der Waals surface area contributed by atoms with Gasteiger partial charge in [0.1, 0.15) is 12.4 Å². The number of hydrogen-bond acceptors (Lipinski definition) is 3. The predicted octanol–water partition coefficient (Wildman–Crippen LogP) is 2.95. The van der Waals surface area contributed by atoms with E-state index in [4.69, 9.17) is 14.6 Å². The molecule has 4 heteroatoms. The van der Waals surface area contributed by atoms with Crippen LogP contribution < -0.4 is 9.47 Å². The molecule has 2 rings (SSSR count). The van der Waals surface area contributed by atoms with Crippen molar-refractivity contribution in [3.63, 3.8) is 0 Å². The maximum atomic E-state index is 13.9. The van der Waals surface area contributed by atoms with E-state index < -0.39 is 5.82 Å². The van der Waals surface area contributed by atoms with Gasteiger partial charge in [-0.15, -0.1) is 0 Å². The molecule has 0 aromatic heterocycles. The molecule has 0 bridgehead atoms. The highest BCUT2D eigenvalue weighted by Crippen LogP contribution is 2.21. The Morgan fingerprint density at radius 3 is 2.50 bits per heavy atom. The van der Waals surface area contributed by atoms with Crippen LogP contribution in [0.3, 0.4) is 0 Å². The number of benzene rings is 2. The Labute approximate surface area is 117 Å². The minimum absolute atomic E-state index is 0.120. The van der Waals surface area contributed by atoms with Crippen molar-refractivity contribution in [3.8, 4) is 11.5 Å². The Hall–Kier alpha value is -2.07. The Morgan fingerprint density at radius 2 is 1.85 bits per heavy atom. The summed E-state index contributed by atoms with van der Waals surface area (Å²) in [4.78, 5) is 0. The Bertz CT molecular complexity index is 552. The average Bonchev–Trinajstić information content (AvgIpc) is 2.48. The van der Waals surface area contributed by atoms with E-state index in [-0.39, 0.29) is 19.0 Å². The van der Waals surface area contributed by atoms with Crippen molar-refractivity contribution in [1.82, 2.24) is 0 Å². The highest BCUT2D eigenvalue weighted by molar-refractivity contribution is 5.32. The fourth-order valence-corrected chi connectivity index (χ4v) is 1.87. The SMILES string of the molecule is COc1cccc(COc2ccc(CCO)cc2)c1F. The van der Waals surface area contributed by atoms with Crippen LogP contribution in [0.1, 0.15) is 11.1 Å². The zero-order chi connectivity index (χ0) is 14.4. The highest BCUT2D eigenvalue weighted by Gasteiger charge is 2.08. The van der Waals surface area contributed by atoms with Gasteiger partial charge in [-0.25, -0.2) is 4.39 Å². The molecule has 0 radical (unpaired) electrons. The third-order valence-corrected chi connectivity index (χ3v) is 2.98. The summed E-state index contributed by atoms with van der Waals surface area (Å²) in [6, 6.07) is 12.3. The maximum Gasteiger partial charge on any atom is 0.171 e. The third kappa shape index (κ3) is 3.48. The Kier molecular flexibility index (Phi) is 4.96. The molecule has 0 unspecified atom stereocenters. The summed E-state index contributed by atoms with van der Waals surface area (Å²) in [7, 11) is 1.43. The van der Waals surface area contributed by atoms with Crippen LogP contribution >= 0.6 is 0 Å². The smallest absolute Gasteiger partial charge is 0.171 e. The van der Waals surface area contributed by atoms with Gasteiger partial charge in [0.25, 0.3) is 0 Å². The molecule has 0 aliphatic heterocycles. The number of ether oxygens (including phenoxy) is 2. The molecule has 0 amide bonds. The van der Waals surface area contributed by atoms with Crippen molar-refractivity contribution in [2.45, 2.75) is 13.0 Å². The summed E-state index contributed by atoms with van der Waals surface area (Å²) in [6.07, 6.45) is 0.616. The van der Waals surface area contributed by atoms with Crippen LogP contribution in [0.25, 0.3) is 0 Å². The molecule has 3 nitrogen and oxygen atoms in total. The molecular weight excluding hydrogens is 259 g/mol. The van der Waals surface area contributed by atoms with Crippen molar-refractivity contribution in [2.24, 2.45) is 0 Å². The van der Waals surface area contributed by atoms with Crippen molar-refractivity contribution in [3.05, 3.63) is 59.4 Å². The van der Waals surface area contributed by atoms with E-state index in [9.17, 15) is 4.39 Å². The molecule has 2 aromatic carbocycles. The quantitative estimate of drug-likeness (QED) is 0.881. The minimum atomic E-state index is -0.396. The van der Waals surface area contributed by atoms with E-state index in [1.807, 2.05) is 24.3 Å². The topological polar surface area (TPSA) is 38.7 Å². The molecule has 0 heterocycles. The molecule has 0 saturated heterocycles. The van der Waals surface area contributed by atoms with Crippen LogP contribution in [-0.2, 0) is 13.0 Å². The van der Waals surface area contributed by atoms with Gasteiger partial charge in [-0.3, -0.25) is 0 Å². The first-order valence-electron chi connectivity index (χ1n) is 6.38. The Balaban J connectivity index is 2.01. The van der Waals surface area contributed by atoms with Crippen molar-refractivity contribution < 1.29 is 19.0 Å². The fraction of sp³-hybridized carbons (Fsp3) is 0.250. The first-order valence-corrected chi connectivity index (χ1v) is 6.38. The lowest BCUT2D eigenvalue weighted by molar-refractivity contribution is 0.294. The van der Waals surface area contributed by atoms with E-state index in [0.717, 1.165) is 5.56 Å².